The number of thioether (sulfide) groups is 1. The summed E-state index contributed by atoms with van der Waals surface area (Å²) in [6, 6.07) is 21.5. The number of allylic oxidation sites excluding steroid dienone is 1. The highest BCUT2D eigenvalue weighted by atomic mass is 32.2. The van der Waals surface area contributed by atoms with E-state index in [9.17, 15) is 9.59 Å². The monoisotopic (exact) mass is 500 g/mol. The zero-order valence-corrected chi connectivity index (χ0v) is 21.3. The Morgan fingerprint density at radius 2 is 1.86 bits per heavy atom. The summed E-state index contributed by atoms with van der Waals surface area (Å²) in [5.74, 6) is -0.448. The number of carbonyl (C=O) groups excluding carboxylic acids is 1. The molecule has 0 radical (unpaired) electrons. The first-order valence-electron chi connectivity index (χ1n) is 11.3. The van der Waals surface area contributed by atoms with Gasteiger partial charge in [0.1, 0.15) is 0 Å². The lowest BCUT2D eigenvalue weighted by Gasteiger charge is -2.24. The van der Waals surface area contributed by atoms with Crippen LogP contribution in [0.2, 0.25) is 0 Å². The predicted molar refractivity (Wildman–Crippen MR) is 143 cm³/mol. The molecule has 176 valence electrons. The van der Waals surface area contributed by atoms with Gasteiger partial charge in [0.15, 0.2) is 4.80 Å². The van der Waals surface area contributed by atoms with Gasteiger partial charge in [-0.25, -0.2) is 9.79 Å². The lowest BCUT2D eigenvalue weighted by atomic mass is 9.96. The van der Waals surface area contributed by atoms with Crippen molar-refractivity contribution in [3.8, 4) is 0 Å². The van der Waals surface area contributed by atoms with Crippen LogP contribution in [0, 0.1) is 0 Å². The molecule has 0 bridgehead atoms. The molecule has 0 saturated heterocycles. The fraction of sp³-hybridized carbons (Fsp3) is 0.179. The van der Waals surface area contributed by atoms with Gasteiger partial charge in [-0.1, -0.05) is 65.9 Å². The largest absolute Gasteiger partial charge is 0.463 e. The quantitative estimate of drug-likeness (QED) is 0.295. The van der Waals surface area contributed by atoms with Crippen LogP contribution >= 0.6 is 23.1 Å². The maximum Gasteiger partial charge on any atom is 0.338 e. The number of fused-ring (bicyclic) bond motifs is 2. The second kappa shape index (κ2) is 9.68. The van der Waals surface area contributed by atoms with Crippen LogP contribution in [0.15, 0.2) is 92.7 Å². The highest BCUT2D eigenvalue weighted by Crippen LogP contribution is 2.31. The summed E-state index contributed by atoms with van der Waals surface area (Å²) in [4.78, 5) is 33.2. The number of nitrogens with zero attached hydrogens (tertiary/aromatic N) is 2. The maximum atomic E-state index is 13.8. The van der Waals surface area contributed by atoms with E-state index in [-0.39, 0.29) is 12.2 Å². The molecule has 0 amide bonds. The Hall–Kier alpha value is -3.42. The Morgan fingerprint density at radius 3 is 2.60 bits per heavy atom. The molecule has 7 heteroatoms. The van der Waals surface area contributed by atoms with Crippen LogP contribution in [0.25, 0.3) is 16.8 Å². The normalized spacial score (nSPS) is 15.7. The van der Waals surface area contributed by atoms with Gasteiger partial charge >= 0.3 is 5.97 Å². The zero-order valence-electron chi connectivity index (χ0n) is 19.6. The number of aromatic nitrogens is 1. The van der Waals surface area contributed by atoms with Crippen LogP contribution in [0.4, 0.5) is 0 Å². The topological polar surface area (TPSA) is 60.7 Å². The van der Waals surface area contributed by atoms with Gasteiger partial charge in [-0.15, -0.1) is 11.8 Å². The van der Waals surface area contributed by atoms with Crippen molar-refractivity contribution in [2.24, 2.45) is 4.99 Å². The van der Waals surface area contributed by atoms with Crippen molar-refractivity contribution in [3.63, 3.8) is 0 Å². The number of hydrogen-bond donors (Lipinski definition) is 0. The number of hydrogen-bond acceptors (Lipinski definition) is 6. The standard InChI is InChI=1S/C28H24N2O3S2/c1-4-33-27(32)24-17(2)29-28-30(25(24)19-12-14-21(34-3)15-13-19)26(31)23(35-28)16-20-10-7-9-18-8-5-6-11-22(18)20/h5-16,25H,4H2,1-3H3/b23-16+. The minimum absolute atomic E-state index is 0.171. The molecule has 0 saturated carbocycles. The first kappa shape index (κ1) is 23.3. The molecule has 1 aliphatic heterocycles. The number of carbonyl (C=O) groups is 1. The summed E-state index contributed by atoms with van der Waals surface area (Å²) >= 11 is 2.98. The molecule has 1 aliphatic rings. The number of benzene rings is 3. The van der Waals surface area contributed by atoms with Gasteiger partial charge < -0.3 is 4.74 Å². The third-order valence-electron chi connectivity index (χ3n) is 6.06. The van der Waals surface area contributed by atoms with E-state index in [0.29, 0.717) is 20.6 Å². The van der Waals surface area contributed by atoms with E-state index < -0.39 is 12.0 Å². The molecule has 5 rings (SSSR count). The average molecular weight is 501 g/mol. The van der Waals surface area contributed by atoms with E-state index in [1.165, 1.54) is 11.3 Å². The predicted octanol–water partition coefficient (Wildman–Crippen LogP) is 4.67. The van der Waals surface area contributed by atoms with Crippen LogP contribution in [-0.4, -0.2) is 23.4 Å². The van der Waals surface area contributed by atoms with Crippen LogP contribution < -0.4 is 14.9 Å². The van der Waals surface area contributed by atoms with Crippen LogP contribution in [0.1, 0.15) is 31.0 Å². The summed E-state index contributed by atoms with van der Waals surface area (Å²) in [7, 11) is 0. The summed E-state index contributed by atoms with van der Waals surface area (Å²) in [6.07, 6.45) is 3.93. The Bertz CT molecular complexity index is 1640. The van der Waals surface area contributed by atoms with Crippen molar-refractivity contribution in [2.45, 2.75) is 24.8 Å². The van der Waals surface area contributed by atoms with Gasteiger partial charge in [-0.05, 0) is 60.2 Å². The molecule has 0 aliphatic carbocycles. The van der Waals surface area contributed by atoms with E-state index in [1.807, 2.05) is 60.9 Å². The summed E-state index contributed by atoms with van der Waals surface area (Å²) in [5, 5.41) is 2.19. The van der Waals surface area contributed by atoms with Crippen LogP contribution in [0.3, 0.4) is 0 Å². The third-order valence-corrected chi connectivity index (χ3v) is 7.79. The molecule has 35 heavy (non-hydrogen) atoms. The van der Waals surface area contributed by atoms with Crippen molar-refractivity contribution in [2.75, 3.05) is 12.9 Å². The Kier molecular flexibility index (Phi) is 6.45. The first-order valence-corrected chi connectivity index (χ1v) is 13.4. The van der Waals surface area contributed by atoms with Gasteiger partial charge in [0, 0.05) is 4.90 Å². The summed E-state index contributed by atoms with van der Waals surface area (Å²) in [6.45, 7) is 3.83. The first-order chi connectivity index (χ1) is 17.0. The van der Waals surface area contributed by atoms with Gasteiger partial charge in [-0.2, -0.15) is 0 Å². The van der Waals surface area contributed by atoms with Crippen molar-refractivity contribution >= 4 is 45.9 Å². The molecular formula is C28H24N2O3S2. The van der Waals surface area contributed by atoms with E-state index >= 15 is 0 Å². The van der Waals surface area contributed by atoms with E-state index in [4.69, 9.17) is 4.74 Å². The van der Waals surface area contributed by atoms with Crippen molar-refractivity contribution in [1.82, 2.24) is 4.57 Å². The SMILES string of the molecule is CCOC(=O)C1=C(C)N=c2s/c(=C/c3cccc4ccccc34)c(=O)n2C1c1ccc(SC)cc1. The maximum absolute atomic E-state index is 13.8. The Morgan fingerprint density at radius 1 is 1.11 bits per heavy atom. The second-order valence-corrected chi connectivity index (χ2v) is 10.0. The molecule has 1 atom stereocenters. The molecule has 3 aromatic carbocycles. The summed E-state index contributed by atoms with van der Waals surface area (Å²) in [5.41, 5.74) is 2.61. The lowest BCUT2D eigenvalue weighted by Crippen LogP contribution is -2.39. The Labute approximate surface area is 211 Å². The number of esters is 1. The van der Waals surface area contributed by atoms with Gasteiger partial charge in [0.05, 0.1) is 28.5 Å². The number of ether oxygens (including phenoxy) is 1. The van der Waals surface area contributed by atoms with Gasteiger partial charge in [0.2, 0.25) is 0 Å². The molecule has 4 aromatic rings. The fourth-order valence-corrected chi connectivity index (χ4v) is 5.86. The smallest absolute Gasteiger partial charge is 0.338 e. The molecule has 0 N–H and O–H groups in total. The van der Waals surface area contributed by atoms with E-state index in [0.717, 1.165) is 26.8 Å². The van der Waals surface area contributed by atoms with Gasteiger partial charge in [0.25, 0.3) is 5.56 Å². The molecule has 1 unspecified atom stereocenters. The van der Waals surface area contributed by atoms with Crippen LogP contribution in [-0.2, 0) is 9.53 Å². The molecular weight excluding hydrogens is 476 g/mol. The Balaban J connectivity index is 1.74. The minimum Gasteiger partial charge on any atom is -0.463 e. The average Bonchev–Trinajstić information content (AvgIpc) is 3.18. The van der Waals surface area contributed by atoms with Crippen LogP contribution in [0.5, 0.6) is 0 Å². The van der Waals surface area contributed by atoms with Crippen molar-refractivity contribution in [1.29, 1.82) is 0 Å². The highest BCUT2D eigenvalue weighted by molar-refractivity contribution is 7.98. The van der Waals surface area contributed by atoms with Crippen molar-refractivity contribution < 1.29 is 9.53 Å². The van der Waals surface area contributed by atoms with E-state index in [1.54, 1.807) is 30.2 Å². The lowest BCUT2D eigenvalue weighted by molar-refractivity contribution is -0.139. The summed E-state index contributed by atoms with van der Waals surface area (Å²) < 4.78 is 7.58. The molecule has 1 aromatic heterocycles. The zero-order chi connectivity index (χ0) is 24.5. The second-order valence-electron chi connectivity index (χ2n) is 8.14. The van der Waals surface area contributed by atoms with E-state index in [2.05, 4.69) is 23.2 Å². The molecule has 0 fully saturated rings. The molecule has 2 heterocycles. The minimum atomic E-state index is -0.601. The third kappa shape index (κ3) is 4.26. The molecule has 0 spiro atoms. The fourth-order valence-electron chi connectivity index (χ4n) is 4.41. The number of thiazole rings is 1. The highest BCUT2D eigenvalue weighted by Gasteiger charge is 2.33. The molecule has 5 nitrogen and oxygen atoms in total. The number of rotatable bonds is 5. The van der Waals surface area contributed by atoms with Crippen molar-refractivity contribution in [3.05, 3.63) is 109 Å². The van der Waals surface area contributed by atoms with Gasteiger partial charge in [-0.3, -0.25) is 9.36 Å².